The molecule has 0 radical (unpaired) electrons. The number of hydrogen-bond donors (Lipinski definition) is 2. The molecule has 0 atom stereocenters. The van der Waals surface area contributed by atoms with Gasteiger partial charge in [-0.15, -0.1) is 0 Å². The first-order valence-corrected chi connectivity index (χ1v) is 8.62. The van der Waals surface area contributed by atoms with Crippen LogP contribution in [0.5, 0.6) is 0 Å². The van der Waals surface area contributed by atoms with Gasteiger partial charge in [-0.25, -0.2) is 13.1 Å². The number of primary amides is 1. The van der Waals surface area contributed by atoms with Crippen molar-refractivity contribution in [1.29, 1.82) is 0 Å². The number of carbonyl (C=O) groups is 1. The molecule has 2 rings (SSSR count). The fourth-order valence-corrected chi connectivity index (χ4v) is 3.47. The van der Waals surface area contributed by atoms with Crippen molar-refractivity contribution in [2.45, 2.75) is 17.6 Å². The standard InChI is InChI=1S/C15H12ClF3N2O3S/c16-12-6-5-11(15(17,18)19)7-13(12)25(23,24)21-8-9-1-3-10(4-2-9)14(20)22/h1-7,21H,8H2,(H2,20,22). The minimum absolute atomic E-state index is 0.200. The summed E-state index contributed by atoms with van der Waals surface area (Å²) < 4.78 is 64.9. The number of hydrogen-bond acceptors (Lipinski definition) is 3. The van der Waals surface area contributed by atoms with Crippen LogP contribution in [0.1, 0.15) is 21.5 Å². The second kappa shape index (κ2) is 7.03. The zero-order chi connectivity index (χ0) is 18.8. The Kier molecular flexibility index (Phi) is 5.40. The number of nitrogens with two attached hydrogens (primary N) is 1. The smallest absolute Gasteiger partial charge is 0.366 e. The van der Waals surface area contributed by atoms with Crippen LogP contribution >= 0.6 is 11.6 Å². The van der Waals surface area contributed by atoms with Crippen molar-refractivity contribution in [2.75, 3.05) is 0 Å². The van der Waals surface area contributed by atoms with Crippen molar-refractivity contribution in [3.8, 4) is 0 Å². The van der Waals surface area contributed by atoms with Crippen LogP contribution in [0.3, 0.4) is 0 Å². The molecule has 2 aromatic rings. The maximum absolute atomic E-state index is 12.7. The predicted octanol–water partition coefficient (Wildman–Crippen LogP) is 2.94. The van der Waals surface area contributed by atoms with E-state index in [1.165, 1.54) is 24.3 Å². The molecule has 0 aliphatic rings. The summed E-state index contributed by atoms with van der Waals surface area (Å²) in [6, 6.07) is 7.80. The predicted molar refractivity (Wildman–Crippen MR) is 85.4 cm³/mol. The summed E-state index contributed by atoms with van der Waals surface area (Å²) in [5.41, 5.74) is 4.70. The van der Waals surface area contributed by atoms with Crippen LogP contribution in [0.2, 0.25) is 5.02 Å². The molecular formula is C15H12ClF3N2O3S. The van der Waals surface area contributed by atoms with Gasteiger partial charge in [0, 0.05) is 12.1 Å². The Hall–Kier alpha value is -2.10. The molecule has 25 heavy (non-hydrogen) atoms. The summed E-state index contributed by atoms with van der Waals surface area (Å²) in [7, 11) is -4.27. The third-order valence-electron chi connectivity index (χ3n) is 3.25. The summed E-state index contributed by atoms with van der Waals surface area (Å²) in [4.78, 5) is 10.3. The Morgan fingerprint density at radius 2 is 1.72 bits per heavy atom. The topological polar surface area (TPSA) is 89.3 Å². The van der Waals surface area contributed by atoms with E-state index in [4.69, 9.17) is 17.3 Å². The monoisotopic (exact) mass is 392 g/mol. The lowest BCUT2D eigenvalue weighted by Gasteiger charge is -2.12. The summed E-state index contributed by atoms with van der Waals surface area (Å²) in [5.74, 6) is -0.636. The van der Waals surface area contributed by atoms with Gasteiger partial charge in [-0.2, -0.15) is 13.2 Å². The quantitative estimate of drug-likeness (QED) is 0.819. The van der Waals surface area contributed by atoms with E-state index in [0.717, 1.165) is 6.07 Å². The first-order chi connectivity index (χ1) is 11.5. The lowest BCUT2D eigenvalue weighted by Crippen LogP contribution is -2.24. The molecule has 0 heterocycles. The van der Waals surface area contributed by atoms with E-state index in [9.17, 15) is 26.4 Å². The van der Waals surface area contributed by atoms with Crippen LogP contribution in [0.15, 0.2) is 47.4 Å². The van der Waals surface area contributed by atoms with E-state index in [1.54, 1.807) is 0 Å². The maximum atomic E-state index is 12.7. The van der Waals surface area contributed by atoms with Crippen LogP contribution in [-0.2, 0) is 22.7 Å². The summed E-state index contributed by atoms with van der Waals surface area (Å²) >= 11 is 5.73. The van der Waals surface area contributed by atoms with Gasteiger partial charge in [0.05, 0.1) is 10.6 Å². The summed E-state index contributed by atoms with van der Waals surface area (Å²) in [5, 5.41) is -0.329. The Morgan fingerprint density at radius 3 is 2.24 bits per heavy atom. The molecule has 0 fully saturated rings. The van der Waals surface area contributed by atoms with Gasteiger partial charge in [0.15, 0.2) is 0 Å². The van der Waals surface area contributed by atoms with E-state index >= 15 is 0 Å². The lowest BCUT2D eigenvalue weighted by atomic mass is 10.1. The van der Waals surface area contributed by atoms with Crippen molar-refractivity contribution >= 4 is 27.5 Å². The number of carbonyl (C=O) groups excluding carboxylic acids is 1. The minimum atomic E-state index is -4.69. The molecule has 10 heteroatoms. The SMILES string of the molecule is NC(=O)c1ccc(CNS(=O)(=O)c2cc(C(F)(F)F)ccc2Cl)cc1. The largest absolute Gasteiger partial charge is 0.416 e. The highest BCUT2D eigenvalue weighted by molar-refractivity contribution is 7.89. The maximum Gasteiger partial charge on any atom is 0.416 e. The zero-order valence-electron chi connectivity index (χ0n) is 12.5. The molecule has 134 valence electrons. The van der Waals surface area contributed by atoms with Gasteiger partial charge in [-0.05, 0) is 35.9 Å². The minimum Gasteiger partial charge on any atom is -0.366 e. The third kappa shape index (κ3) is 4.71. The van der Waals surface area contributed by atoms with E-state index in [2.05, 4.69) is 4.72 Å². The van der Waals surface area contributed by atoms with Gasteiger partial charge in [0.2, 0.25) is 15.9 Å². The Bertz CT molecular complexity index is 897. The van der Waals surface area contributed by atoms with Crippen LogP contribution < -0.4 is 10.5 Å². The molecule has 5 nitrogen and oxygen atoms in total. The molecule has 0 aliphatic heterocycles. The van der Waals surface area contributed by atoms with Gasteiger partial charge in [0.25, 0.3) is 0 Å². The van der Waals surface area contributed by atoms with Gasteiger partial charge < -0.3 is 5.73 Å². The molecule has 0 aromatic heterocycles. The van der Waals surface area contributed by atoms with Crippen LogP contribution in [0.4, 0.5) is 13.2 Å². The first-order valence-electron chi connectivity index (χ1n) is 6.76. The number of halogens is 4. The number of alkyl halides is 3. The Morgan fingerprint density at radius 1 is 1.12 bits per heavy atom. The third-order valence-corrected chi connectivity index (χ3v) is 5.14. The molecule has 1 amide bonds. The second-order valence-corrected chi connectivity index (χ2v) is 7.17. The van der Waals surface area contributed by atoms with E-state index in [1.807, 2.05) is 0 Å². The van der Waals surface area contributed by atoms with Crippen molar-refractivity contribution in [3.63, 3.8) is 0 Å². The first kappa shape index (κ1) is 19.2. The molecule has 0 spiro atoms. The van der Waals surface area contributed by atoms with Crippen molar-refractivity contribution in [1.82, 2.24) is 4.72 Å². The Labute approximate surface area is 146 Å². The molecule has 0 unspecified atom stereocenters. The molecule has 3 N–H and O–H groups in total. The average molecular weight is 393 g/mol. The van der Waals surface area contributed by atoms with Crippen LogP contribution in [0.25, 0.3) is 0 Å². The number of rotatable bonds is 5. The average Bonchev–Trinajstić information content (AvgIpc) is 2.52. The second-order valence-electron chi connectivity index (χ2n) is 5.03. The number of nitrogens with one attached hydrogen (secondary N) is 1. The molecule has 2 aromatic carbocycles. The van der Waals surface area contributed by atoms with E-state index in [0.29, 0.717) is 17.7 Å². The number of sulfonamides is 1. The molecular weight excluding hydrogens is 381 g/mol. The zero-order valence-corrected chi connectivity index (χ0v) is 14.0. The van der Waals surface area contributed by atoms with Crippen molar-refractivity contribution in [3.05, 3.63) is 64.2 Å². The van der Waals surface area contributed by atoms with Gasteiger partial charge in [0.1, 0.15) is 4.90 Å². The number of benzene rings is 2. The van der Waals surface area contributed by atoms with E-state index in [-0.39, 0.29) is 17.1 Å². The molecule has 0 saturated carbocycles. The van der Waals surface area contributed by atoms with Gasteiger partial charge in [-0.3, -0.25) is 4.79 Å². The molecule has 0 saturated heterocycles. The van der Waals surface area contributed by atoms with Gasteiger partial charge in [-0.1, -0.05) is 23.7 Å². The van der Waals surface area contributed by atoms with Crippen molar-refractivity contribution < 1.29 is 26.4 Å². The van der Waals surface area contributed by atoms with Crippen molar-refractivity contribution in [2.24, 2.45) is 5.73 Å². The van der Waals surface area contributed by atoms with Crippen LogP contribution in [0, 0.1) is 0 Å². The highest BCUT2D eigenvalue weighted by atomic mass is 35.5. The molecule has 0 bridgehead atoms. The van der Waals surface area contributed by atoms with E-state index < -0.39 is 32.6 Å². The highest BCUT2D eigenvalue weighted by Crippen LogP contribution is 2.33. The highest BCUT2D eigenvalue weighted by Gasteiger charge is 2.32. The normalized spacial score (nSPS) is 12.2. The van der Waals surface area contributed by atoms with Crippen LogP contribution in [-0.4, -0.2) is 14.3 Å². The fourth-order valence-electron chi connectivity index (χ4n) is 1.93. The Balaban J connectivity index is 2.23. The number of amides is 1. The lowest BCUT2D eigenvalue weighted by molar-refractivity contribution is -0.137. The summed E-state index contributed by atoms with van der Waals surface area (Å²) in [6.07, 6.45) is -4.69. The molecule has 0 aliphatic carbocycles. The fraction of sp³-hybridized carbons (Fsp3) is 0.133. The van der Waals surface area contributed by atoms with Gasteiger partial charge >= 0.3 is 6.18 Å². The summed E-state index contributed by atoms with van der Waals surface area (Å²) in [6.45, 7) is -0.200.